The number of nitrogens with one attached hydrogen (secondary N) is 1. The molecule has 134 valence electrons. The minimum absolute atomic E-state index is 0.0384. The maximum atomic E-state index is 13.0. The third-order valence-corrected chi connectivity index (χ3v) is 4.65. The number of hydrogen-bond acceptors (Lipinski definition) is 4. The maximum absolute atomic E-state index is 13.0. The van der Waals surface area contributed by atoms with Crippen molar-refractivity contribution < 1.29 is 13.6 Å². The summed E-state index contributed by atoms with van der Waals surface area (Å²) in [5, 5.41) is 3.10. The number of oxazole rings is 1. The van der Waals surface area contributed by atoms with E-state index in [0.29, 0.717) is 24.5 Å². The Morgan fingerprint density at radius 2 is 2.04 bits per heavy atom. The molecule has 0 radical (unpaired) electrons. The summed E-state index contributed by atoms with van der Waals surface area (Å²) in [5.41, 5.74) is 0.771. The molecule has 2 aromatic rings. The van der Waals surface area contributed by atoms with E-state index in [1.807, 2.05) is 0 Å². The van der Waals surface area contributed by atoms with Crippen LogP contribution in [0.2, 0.25) is 0 Å². The zero-order valence-corrected chi connectivity index (χ0v) is 14.5. The third kappa shape index (κ3) is 4.89. The van der Waals surface area contributed by atoms with Crippen molar-refractivity contribution in [3.63, 3.8) is 0 Å². The molecule has 0 aliphatic carbocycles. The molecule has 1 amide bonds. The molecule has 6 heteroatoms. The van der Waals surface area contributed by atoms with Crippen LogP contribution in [-0.2, 0) is 11.2 Å². The van der Waals surface area contributed by atoms with Gasteiger partial charge >= 0.3 is 0 Å². The highest BCUT2D eigenvalue weighted by Crippen LogP contribution is 2.21. The van der Waals surface area contributed by atoms with Crippen molar-refractivity contribution in [1.82, 2.24) is 15.2 Å². The van der Waals surface area contributed by atoms with Gasteiger partial charge in [-0.1, -0.05) is 6.92 Å². The number of hydrogen-bond donors (Lipinski definition) is 1. The van der Waals surface area contributed by atoms with Crippen LogP contribution < -0.4 is 5.32 Å². The third-order valence-electron chi connectivity index (χ3n) is 4.65. The van der Waals surface area contributed by atoms with Gasteiger partial charge in [0.15, 0.2) is 11.7 Å². The largest absolute Gasteiger partial charge is 0.441 e. The van der Waals surface area contributed by atoms with E-state index < -0.39 is 0 Å². The second-order valence-corrected chi connectivity index (χ2v) is 6.40. The van der Waals surface area contributed by atoms with Crippen LogP contribution in [0.3, 0.4) is 0 Å². The lowest BCUT2D eigenvalue weighted by Crippen LogP contribution is -2.44. The van der Waals surface area contributed by atoms with Crippen molar-refractivity contribution in [2.75, 3.05) is 19.6 Å². The Balaban J connectivity index is 1.46. The second kappa shape index (κ2) is 8.25. The number of nitrogens with zero attached hydrogens (tertiary/aromatic N) is 2. The van der Waals surface area contributed by atoms with Crippen LogP contribution in [0.1, 0.15) is 32.1 Å². The van der Waals surface area contributed by atoms with Crippen LogP contribution >= 0.6 is 0 Å². The lowest BCUT2D eigenvalue weighted by atomic mass is 10.0. The van der Waals surface area contributed by atoms with Gasteiger partial charge in [-0.25, -0.2) is 9.37 Å². The molecule has 5 nitrogen and oxygen atoms in total. The molecule has 1 aliphatic rings. The summed E-state index contributed by atoms with van der Waals surface area (Å²) in [5.74, 6) is 0.860. The van der Waals surface area contributed by atoms with E-state index in [1.165, 1.54) is 12.1 Å². The van der Waals surface area contributed by atoms with Gasteiger partial charge < -0.3 is 14.6 Å². The van der Waals surface area contributed by atoms with E-state index in [9.17, 15) is 9.18 Å². The molecule has 2 heterocycles. The van der Waals surface area contributed by atoms with Crippen molar-refractivity contribution in [2.24, 2.45) is 0 Å². The summed E-state index contributed by atoms with van der Waals surface area (Å²) in [6.45, 7) is 5.32. The fraction of sp³-hybridized carbons (Fsp3) is 0.474. The smallest absolute Gasteiger partial charge is 0.220 e. The van der Waals surface area contributed by atoms with E-state index in [2.05, 4.69) is 22.1 Å². The molecule has 0 atom stereocenters. The van der Waals surface area contributed by atoms with Gasteiger partial charge in [-0.05, 0) is 43.7 Å². The maximum Gasteiger partial charge on any atom is 0.220 e. The van der Waals surface area contributed by atoms with E-state index in [0.717, 1.165) is 38.0 Å². The molecule has 1 saturated heterocycles. The molecule has 1 aliphatic heterocycles. The van der Waals surface area contributed by atoms with E-state index in [4.69, 9.17) is 4.42 Å². The summed E-state index contributed by atoms with van der Waals surface area (Å²) >= 11 is 0. The Hall–Kier alpha value is -2.21. The SMILES string of the molecule is CCN1CCC(NC(=O)CCc2ncc(-c3ccc(F)cc3)o2)CC1. The summed E-state index contributed by atoms with van der Waals surface area (Å²) in [7, 11) is 0. The van der Waals surface area contributed by atoms with Crippen molar-refractivity contribution in [2.45, 2.75) is 38.6 Å². The fourth-order valence-corrected chi connectivity index (χ4v) is 3.09. The van der Waals surface area contributed by atoms with Crippen molar-refractivity contribution in [1.29, 1.82) is 0 Å². The van der Waals surface area contributed by atoms with Crippen LogP contribution in [0.4, 0.5) is 4.39 Å². The van der Waals surface area contributed by atoms with Gasteiger partial charge in [0.25, 0.3) is 0 Å². The van der Waals surface area contributed by atoms with Gasteiger partial charge in [0.05, 0.1) is 6.20 Å². The van der Waals surface area contributed by atoms with Gasteiger partial charge in [0, 0.05) is 37.5 Å². The number of rotatable bonds is 6. The number of benzene rings is 1. The number of piperidine rings is 1. The highest BCUT2D eigenvalue weighted by atomic mass is 19.1. The molecule has 1 aromatic carbocycles. The molecule has 1 fully saturated rings. The van der Waals surface area contributed by atoms with E-state index >= 15 is 0 Å². The Kier molecular flexibility index (Phi) is 5.81. The Labute approximate surface area is 147 Å². The van der Waals surface area contributed by atoms with Crippen LogP contribution in [-0.4, -0.2) is 41.5 Å². The first kappa shape index (κ1) is 17.6. The zero-order valence-electron chi connectivity index (χ0n) is 14.5. The van der Waals surface area contributed by atoms with Crippen LogP contribution in [0.5, 0.6) is 0 Å². The zero-order chi connectivity index (χ0) is 17.6. The summed E-state index contributed by atoms with van der Waals surface area (Å²) in [6, 6.07) is 6.34. The lowest BCUT2D eigenvalue weighted by Gasteiger charge is -2.31. The normalized spacial score (nSPS) is 16.1. The number of carbonyl (C=O) groups is 1. The first-order valence-corrected chi connectivity index (χ1v) is 8.86. The molecular formula is C19H24FN3O2. The molecule has 0 saturated carbocycles. The minimum atomic E-state index is -0.287. The van der Waals surface area contributed by atoms with Gasteiger partial charge in [-0.3, -0.25) is 4.79 Å². The highest BCUT2D eigenvalue weighted by Gasteiger charge is 2.19. The average Bonchev–Trinajstić information content (AvgIpc) is 3.10. The molecule has 1 N–H and O–H groups in total. The molecule has 0 spiro atoms. The number of amides is 1. The first-order chi connectivity index (χ1) is 12.1. The molecule has 25 heavy (non-hydrogen) atoms. The molecule has 1 aromatic heterocycles. The lowest BCUT2D eigenvalue weighted by molar-refractivity contribution is -0.122. The number of aromatic nitrogens is 1. The Bertz CT molecular complexity index is 691. The Morgan fingerprint density at radius 3 is 2.72 bits per heavy atom. The van der Waals surface area contributed by atoms with Crippen molar-refractivity contribution in [3.05, 3.63) is 42.2 Å². The molecule has 0 bridgehead atoms. The number of halogens is 1. The number of likely N-dealkylation sites (tertiary alicyclic amines) is 1. The summed E-state index contributed by atoms with van der Waals surface area (Å²) < 4.78 is 18.6. The second-order valence-electron chi connectivity index (χ2n) is 6.40. The van der Waals surface area contributed by atoms with Gasteiger partial charge in [0.1, 0.15) is 5.82 Å². The van der Waals surface area contributed by atoms with Crippen molar-refractivity contribution >= 4 is 5.91 Å². The number of carbonyl (C=O) groups excluding carboxylic acids is 1. The predicted octanol–water partition coefficient (Wildman–Crippen LogP) is 3.01. The van der Waals surface area contributed by atoms with E-state index in [1.54, 1.807) is 18.3 Å². The van der Waals surface area contributed by atoms with Crippen LogP contribution in [0, 0.1) is 5.82 Å². The quantitative estimate of drug-likeness (QED) is 0.874. The molecule has 0 unspecified atom stereocenters. The van der Waals surface area contributed by atoms with Gasteiger partial charge in [-0.15, -0.1) is 0 Å². The molecule has 3 rings (SSSR count). The van der Waals surface area contributed by atoms with Crippen molar-refractivity contribution in [3.8, 4) is 11.3 Å². The standard InChI is InChI=1S/C19H24FN3O2/c1-2-23-11-9-16(10-12-23)22-18(24)7-8-19-21-13-17(25-19)14-3-5-15(20)6-4-14/h3-6,13,16H,2,7-12H2,1H3,(H,22,24). The van der Waals surface area contributed by atoms with Crippen LogP contribution in [0.25, 0.3) is 11.3 Å². The fourth-order valence-electron chi connectivity index (χ4n) is 3.09. The predicted molar refractivity (Wildman–Crippen MR) is 93.5 cm³/mol. The monoisotopic (exact) mass is 345 g/mol. The van der Waals surface area contributed by atoms with Gasteiger partial charge in [-0.2, -0.15) is 0 Å². The number of aryl methyl sites for hydroxylation is 1. The topological polar surface area (TPSA) is 58.4 Å². The average molecular weight is 345 g/mol. The first-order valence-electron chi connectivity index (χ1n) is 8.86. The summed E-state index contributed by atoms with van der Waals surface area (Å²) in [6.07, 6.45) is 4.44. The van der Waals surface area contributed by atoms with Crippen LogP contribution in [0.15, 0.2) is 34.9 Å². The summed E-state index contributed by atoms with van der Waals surface area (Å²) in [4.78, 5) is 18.7. The van der Waals surface area contributed by atoms with Gasteiger partial charge in [0.2, 0.25) is 5.91 Å². The van der Waals surface area contributed by atoms with E-state index in [-0.39, 0.29) is 17.8 Å². The Morgan fingerprint density at radius 1 is 1.32 bits per heavy atom. The minimum Gasteiger partial charge on any atom is -0.441 e. The molecular weight excluding hydrogens is 321 g/mol. The highest BCUT2D eigenvalue weighted by molar-refractivity contribution is 5.76.